The van der Waals surface area contributed by atoms with Crippen LogP contribution in [0.15, 0.2) is 24.4 Å². The number of aryl methyl sites for hydroxylation is 1. The maximum atomic E-state index is 5.78. The van der Waals surface area contributed by atoms with Gasteiger partial charge in [-0.1, -0.05) is 13.0 Å². The average molecular weight is 287 g/mol. The molecule has 2 aromatic rings. The van der Waals surface area contributed by atoms with E-state index in [-0.39, 0.29) is 0 Å². The fourth-order valence-corrected chi connectivity index (χ4v) is 1.96. The third kappa shape index (κ3) is 4.13. The van der Waals surface area contributed by atoms with Crippen LogP contribution in [0, 0.1) is 6.92 Å². The van der Waals surface area contributed by atoms with Crippen LogP contribution >= 0.6 is 0 Å². The monoisotopic (exact) mass is 287 g/mol. The molecule has 3 N–H and O–H groups in total. The summed E-state index contributed by atoms with van der Waals surface area (Å²) in [5.74, 6) is 7.43. The van der Waals surface area contributed by atoms with Gasteiger partial charge in [0.1, 0.15) is 11.6 Å². The van der Waals surface area contributed by atoms with Crippen molar-refractivity contribution in [1.82, 2.24) is 15.0 Å². The minimum Gasteiger partial charge on any atom is -0.477 e. The van der Waals surface area contributed by atoms with Crippen molar-refractivity contribution in [3.05, 3.63) is 41.5 Å². The molecule has 6 nitrogen and oxygen atoms in total. The van der Waals surface area contributed by atoms with Crippen LogP contribution in [0.4, 0.5) is 5.82 Å². The zero-order valence-corrected chi connectivity index (χ0v) is 12.5. The first-order valence-electron chi connectivity index (χ1n) is 7.11. The second-order valence-electron chi connectivity index (χ2n) is 4.73. The SMILES string of the molecule is CCCc1nc(NN)c(C)c(OCCc2ccccn2)n1. The zero-order chi connectivity index (χ0) is 15.1. The molecule has 0 saturated carbocycles. The summed E-state index contributed by atoms with van der Waals surface area (Å²) in [5.41, 5.74) is 4.41. The molecule has 0 amide bonds. The number of nitrogens with two attached hydrogens (primary N) is 1. The lowest BCUT2D eigenvalue weighted by Gasteiger charge is -2.12. The second-order valence-corrected chi connectivity index (χ2v) is 4.73. The van der Waals surface area contributed by atoms with E-state index in [1.165, 1.54) is 0 Å². The maximum Gasteiger partial charge on any atom is 0.221 e. The highest BCUT2D eigenvalue weighted by Gasteiger charge is 2.11. The van der Waals surface area contributed by atoms with E-state index in [1.54, 1.807) is 6.20 Å². The predicted octanol–water partition coefficient (Wildman–Crippen LogP) is 2.04. The van der Waals surface area contributed by atoms with Gasteiger partial charge in [0.2, 0.25) is 5.88 Å². The molecular weight excluding hydrogens is 266 g/mol. The molecule has 0 spiro atoms. The molecular formula is C15H21N5O. The number of hydrogen-bond acceptors (Lipinski definition) is 6. The molecule has 0 aliphatic heterocycles. The van der Waals surface area contributed by atoms with Gasteiger partial charge in [-0.2, -0.15) is 4.98 Å². The van der Waals surface area contributed by atoms with Crippen molar-refractivity contribution in [3.8, 4) is 5.88 Å². The van der Waals surface area contributed by atoms with E-state index in [0.29, 0.717) is 18.3 Å². The van der Waals surface area contributed by atoms with Gasteiger partial charge < -0.3 is 10.2 Å². The summed E-state index contributed by atoms with van der Waals surface area (Å²) in [6.07, 6.45) is 4.28. The lowest BCUT2D eigenvalue weighted by Crippen LogP contribution is -2.14. The van der Waals surface area contributed by atoms with Crippen LogP contribution < -0.4 is 16.0 Å². The molecule has 6 heteroatoms. The van der Waals surface area contributed by atoms with Gasteiger partial charge in [0.05, 0.1) is 12.2 Å². The van der Waals surface area contributed by atoms with E-state index in [4.69, 9.17) is 10.6 Å². The van der Waals surface area contributed by atoms with Crippen molar-refractivity contribution < 1.29 is 4.74 Å². The van der Waals surface area contributed by atoms with Gasteiger partial charge in [0.15, 0.2) is 0 Å². The number of ether oxygens (including phenoxy) is 1. The Hall–Kier alpha value is -2.21. The number of rotatable bonds is 7. The quantitative estimate of drug-likeness (QED) is 0.598. The molecule has 112 valence electrons. The topological polar surface area (TPSA) is 86.0 Å². The number of nitrogen functional groups attached to an aromatic ring is 1. The summed E-state index contributed by atoms with van der Waals surface area (Å²) in [6.45, 7) is 4.49. The minimum absolute atomic E-state index is 0.518. The highest BCUT2D eigenvalue weighted by atomic mass is 16.5. The Morgan fingerprint density at radius 2 is 2.10 bits per heavy atom. The molecule has 21 heavy (non-hydrogen) atoms. The molecule has 0 fully saturated rings. The maximum absolute atomic E-state index is 5.78. The van der Waals surface area contributed by atoms with E-state index < -0.39 is 0 Å². The van der Waals surface area contributed by atoms with Crippen molar-refractivity contribution in [1.29, 1.82) is 0 Å². The van der Waals surface area contributed by atoms with Crippen LogP contribution in [0.3, 0.4) is 0 Å². The minimum atomic E-state index is 0.518. The lowest BCUT2D eigenvalue weighted by molar-refractivity contribution is 0.304. The number of hydrazine groups is 1. The molecule has 2 aromatic heterocycles. The first-order valence-corrected chi connectivity index (χ1v) is 7.11. The number of aromatic nitrogens is 3. The highest BCUT2D eigenvalue weighted by molar-refractivity contribution is 5.47. The van der Waals surface area contributed by atoms with E-state index >= 15 is 0 Å². The Kier molecular flexibility index (Phi) is 5.45. The summed E-state index contributed by atoms with van der Waals surface area (Å²) in [6, 6.07) is 5.84. The van der Waals surface area contributed by atoms with Crippen LogP contribution in [0.1, 0.15) is 30.4 Å². The number of nitrogens with zero attached hydrogens (tertiary/aromatic N) is 3. The highest BCUT2D eigenvalue weighted by Crippen LogP contribution is 2.22. The van der Waals surface area contributed by atoms with Crippen LogP contribution in [0.25, 0.3) is 0 Å². The smallest absolute Gasteiger partial charge is 0.221 e. The number of anilines is 1. The standard InChI is InChI=1S/C15H21N5O/c1-3-6-13-18-14(20-16)11(2)15(19-13)21-10-8-12-7-4-5-9-17-12/h4-5,7,9H,3,6,8,10,16H2,1-2H3,(H,18,19,20). The molecule has 0 aromatic carbocycles. The Balaban J connectivity index is 2.06. The fourth-order valence-electron chi connectivity index (χ4n) is 1.96. The van der Waals surface area contributed by atoms with Crippen molar-refractivity contribution in [3.63, 3.8) is 0 Å². The first kappa shape index (κ1) is 15.2. The average Bonchev–Trinajstić information content (AvgIpc) is 2.51. The molecule has 0 saturated heterocycles. The normalized spacial score (nSPS) is 10.4. The number of nitrogens with one attached hydrogen (secondary N) is 1. The molecule has 0 bridgehead atoms. The molecule has 0 aliphatic rings. The summed E-state index contributed by atoms with van der Waals surface area (Å²) in [4.78, 5) is 13.1. The van der Waals surface area contributed by atoms with Gasteiger partial charge in [-0.25, -0.2) is 10.8 Å². The second kappa shape index (κ2) is 7.54. The van der Waals surface area contributed by atoms with Crippen LogP contribution in [-0.4, -0.2) is 21.6 Å². The third-order valence-corrected chi connectivity index (χ3v) is 3.08. The van der Waals surface area contributed by atoms with E-state index in [2.05, 4.69) is 27.3 Å². The predicted molar refractivity (Wildman–Crippen MR) is 82.0 cm³/mol. The first-order chi connectivity index (χ1) is 10.2. The van der Waals surface area contributed by atoms with Crippen molar-refractivity contribution in [2.24, 2.45) is 5.84 Å². The van der Waals surface area contributed by atoms with Gasteiger partial charge in [-0.15, -0.1) is 0 Å². The molecule has 2 rings (SSSR count). The Labute approximate surface area is 124 Å². The number of pyridine rings is 1. The molecule has 0 atom stereocenters. The largest absolute Gasteiger partial charge is 0.477 e. The summed E-state index contributed by atoms with van der Waals surface area (Å²) < 4.78 is 5.78. The van der Waals surface area contributed by atoms with Crippen molar-refractivity contribution >= 4 is 5.82 Å². The Morgan fingerprint density at radius 3 is 2.76 bits per heavy atom. The lowest BCUT2D eigenvalue weighted by atomic mass is 10.2. The van der Waals surface area contributed by atoms with E-state index in [9.17, 15) is 0 Å². The fraction of sp³-hybridized carbons (Fsp3) is 0.400. The van der Waals surface area contributed by atoms with Gasteiger partial charge in [0.25, 0.3) is 0 Å². The van der Waals surface area contributed by atoms with Gasteiger partial charge in [-0.05, 0) is 25.5 Å². The Morgan fingerprint density at radius 1 is 1.24 bits per heavy atom. The van der Waals surface area contributed by atoms with Crippen LogP contribution in [-0.2, 0) is 12.8 Å². The van der Waals surface area contributed by atoms with Gasteiger partial charge in [0, 0.05) is 24.7 Å². The van der Waals surface area contributed by atoms with Crippen molar-refractivity contribution in [2.45, 2.75) is 33.1 Å². The van der Waals surface area contributed by atoms with Gasteiger partial charge >= 0.3 is 0 Å². The van der Waals surface area contributed by atoms with Crippen LogP contribution in [0.5, 0.6) is 5.88 Å². The zero-order valence-electron chi connectivity index (χ0n) is 12.5. The summed E-state index contributed by atoms with van der Waals surface area (Å²) in [7, 11) is 0. The molecule has 0 radical (unpaired) electrons. The molecule has 2 heterocycles. The summed E-state index contributed by atoms with van der Waals surface area (Å²) >= 11 is 0. The van der Waals surface area contributed by atoms with Gasteiger partial charge in [-0.3, -0.25) is 4.98 Å². The van der Waals surface area contributed by atoms with Crippen LogP contribution in [0.2, 0.25) is 0 Å². The van der Waals surface area contributed by atoms with Crippen molar-refractivity contribution in [2.75, 3.05) is 12.0 Å². The molecule has 0 aliphatic carbocycles. The molecule has 0 unspecified atom stereocenters. The van der Waals surface area contributed by atoms with E-state index in [0.717, 1.165) is 36.3 Å². The Bertz CT molecular complexity index is 574. The summed E-state index contributed by atoms with van der Waals surface area (Å²) in [5, 5.41) is 0. The van der Waals surface area contributed by atoms with E-state index in [1.807, 2.05) is 25.1 Å². The number of hydrogen-bond donors (Lipinski definition) is 2. The third-order valence-electron chi connectivity index (χ3n) is 3.08.